The third-order valence-electron chi connectivity index (χ3n) is 4.58. The first-order valence-electron chi connectivity index (χ1n) is 9.25. The van der Waals surface area contributed by atoms with Crippen molar-refractivity contribution in [1.82, 2.24) is 15.1 Å². The lowest BCUT2D eigenvalue weighted by molar-refractivity contribution is -0.116. The summed E-state index contributed by atoms with van der Waals surface area (Å²) in [6.45, 7) is 5.50. The number of hydrogen-bond donors (Lipinski definition) is 0. The summed E-state index contributed by atoms with van der Waals surface area (Å²) in [5.41, 5.74) is 5.64. The van der Waals surface area contributed by atoms with Crippen molar-refractivity contribution in [3.8, 4) is 22.5 Å². The molecule has 0 spiro atoms. The summed E-state index contributed by atoms with van der Waals surface area (Å²) >= 11 is 0. The Morgan fingerprint density at radius 1 is 1.00 bits per heavy atom. The second-order valence-corrected chi connectivity index (χ2v) is 6.87. The van der Waals surface area contributed by atoms with Crippen LogP contribution in [-0.4, -0.2) is 21.0 Å². The van der Waals surface area contributed by atoms with E-state index in [0.29, 0.717) is 28.5 Å². The molecule has 0 saturated carbocycles. The number of rotatable bonds is 4. The van der Waals surface area contributed by atoms with Crippen LogP contribution in [0.5, 0.6) is 0 Å². The molecule has 6 nitrogen and oxygen atoms in total. The minimum Gasteiger partial charge on any atom is -0.336 e. The predicted molar refractivity (Wildman–Crippen MR) is 112 cm³/mol. The van der Waals surface area contributed by atoms with Gasteiger partial charge >= 0.3 is 0 Å². The number of aryl methyl sites for hydroxylation is 2. The van der Waals surface area contributed by atoms with Gasteiger partial charge < -0.3 is 4.52 Å². The lowest BCUT2D eigenvalue weighted by Crippen LogP contribution is -2.23. The Labute approximate surface area is 168 Å². The van der Waals surface area contributed by atoms with Crippen molar-refractivity contribution in [2.45, 2.75) is 20.8 Å². The zero-order chi connectivity index (χ0) is 20.4. The maximum absolute atomic E-state index is 12.6. The Morgan fingerprint density at radius 3 is 2.41 bits per heavy atom. The van der Waals surface area contributed by atoms with E-state index in [9.17, 15) is 4.79 Å². The van der Waals surface area contributed by atoms with E-state index in [0.717, 1.165) is 16.7 Å². The summed E-state index contributed by atoms with van der Waals surface area (Å²) in [6.07, 6.45) is 3.13. The highest BCUT2D eigenvalue weighted by Crippen LogP contribution is 2.41. The smallest absolute Gasteiger partial charge is 0.248 e. The van der Waals surface area contributed by atoms with Crippen molar-refractivity contribution >= 4 is 17.5 Å². The van der Waals surface area contributed by atoms with Gasteiger partial charge in [-0.25, -0.2) is 14.9 Å². The Morgan fingerprint density at radius 2 is 1.76 bits per heavy atom. The molecular weight excluding hydrogens is 364 g/mol. The molecule has 4 aromatic rings. The van der Waals surface area contributed by atoms with Gasteiger partial charge in [-0.3, -0.25) is 4.79 Å². The molecule has 1 amide bonds. The van der Waals surface area contributed by atoms with Crippen LogP contribution in [0, 0.1) is 13.8 Å². The van der Waals surface area contributed by atoms with Crippen molar-refractivity contribution < 1.29 is 9.32 Å². The Hall–Kier alpha value is -3.80. The summed E-state index contributed by atoms with van der Waals surface area (Å²) in [7, 11) is 0. The average Bonchev–Trinajstić information content (AvgIpc) is 3.13. The fourth-order valence-electron chi connectivity index (χ4n) is 3.30. The number of nitrogens with zero attached hydrogens (tertiary/aromatic N) is 4. The van der Waals surface area contributed by atoms with E-state index >= 15 is 0 Å². The first kappa shape index (κ1) is 18.6. The summed E-state index contributed by atoms with van der Waals surface area (Å²) < 4.78 is 5.76. The number of benzene rings is 2. The Kier molecular flexibility index (Phi) is 4.91. The summed E-state index contributed by atoms with van der Waals surface area (Å²) in [6, 6.07) is 17.4. The van der Waals surface area contributed by atoms with E-state index in [2.05, 4.69) is 15.1 Å². The van der Waals surface area contributed by atoms with E-state index in [-0.39, 0.29) is 5.91 Å². The minimum atomic E-state index is -0.183. The lowest BCUT2D eigenvalue weighted by atomic mass is 10.0. The predicted octanol–water partition coefficient (Wildman–Crippen LogP) is 5.10. The molecule has 2 heterocycles. The molecule has 6 heteroatoms. The van der Waals surface area contributed by atoms with Crippen LogP contribution in [-0.2, 0) is 4.79 Å². The topological polar surface area (TPSA) is 72.1 Å². The molecule has 144 valence electrons. The first-order chi connectivity index (χ1) is 14.0. The summed E-state index contributed by atoms with van der Waals surface area (Å²) in [5, 5.41) is 4.33. The van der Waals surface area contributed by atoms with Crippen molar-refractivity contribution in [2.75, 3.05) is 4.90 Å². The van der Waals surface area contributed by atoms with Crippen LogP contribution >= 0.6 is 0 Å². The van der Waals surface area contributed by atoms with E-state index < -0.39 is 0 Å². The van der Waals surface area contributed by atoms with Gasteiger partial charge in [0.15, 0.2) is 0 Å². The van der Waals surface area contributed by atoms with Gasteiger partial charge in [-0.05, 0) is 43.7 Å². The van der Waals surface area contributed by atoms with Gasteiger partial charge in [-0.1, -0.05) is 41.1 Å². The number of carbonyl (C=O) groups is 1. The van der Waals surface area contributed by atoms with Crippen LogP contribution in [0.1, 0.15) is 18.1 Å². The average molecular weight is 384 g/mol. The van der Waals surface area contributed by atoms with Crippen LogP contribution in [0.4, 0.5) is 11.6 Å². The molecule has 29 heavy (non-hydrogen) atoms. The van der Waals surface area contributed by atoms with E-state index in [1.807, 2.05) is 62.4 Å². The molecule has 0 bridgehead atoms. The zero-order valence-corrected chi connectivity index (χ0v) is 16.5. The van der Waals surface area contributed by atoms with Crippen molar-refractivity contribution in [1.29, 1.82) is 0 Å². The largest absolute Gasteiger partial charge is 0.336 e. The molecule has 0 saturated heterocycles. The molecule has 0 atom stereocenters. The fraction of sp³-hybridized carbons (Fsp3) is 0.130. The summed E-state index contributed by atoms with van der Waals surface area (Å²) in [5.74, 6) is 0.149. The highest BCUT2D eigenvalue weighted by molar-refractivity contribution is 6.03. The monoisotopic (exact) mass is 384 g/mol. The molecule has 0 aliphatic carbocycles. The third kappa shape index (κ3) is 3.65. The van der Waals surface area contributed by atoms with E-state index in [4.69, 9.17) is 4.52 Å². The van der Waals surface area contributed by atoms with E-state index in [1.165, 1.54) is 18.2 Å². The van der Waals surface area contributed by atoms with Gasteiger partial charge in [-0.15, -0.1) is 0 Å². The molecule has 0 N–H and O–H groups in total. The van der Waals surface area contributed by atoms with Crippen LogP contribution in [0.25, 0.3) is 22.5 Å². The van der Waals surface area contributed by atoms with Gasteiger partial charge in [0.1, 0.15) is 12.0 Å². The van der Waals surface area contributed by atoms with Crippen LogP contribution in [0.2, 0.25) is 0 Å². The summed E-state index contributed by atoms with van der Waals surface area (Å²) in [4.78, 5) is 22.6. The Balaban J connectivity index is 1.97. The molecule has 4 rings (SSSR count). The van der Waals surface area contributed by atoms with Gasteiger partial charge in [0.25, 0.3) is 0 Å². The maximum Gasteiger partial charge on any atom is 0.248 e. The molecule has 2 aromatic carbocycles. The van der Waals surface area contributed by atoms with E-state index in [1.54, 1.807) is 12.3 Å². The van der Waals surface area contributed by atoms with Gasteiger partial charge in [0, 0.05) is 18.7 Å². The number of carbonyl (C=O) groups excluding carboxylic acids is 1. The molecule has 2 aromatic heterocycles. The minimum absolute atomic E-state index is 0.183. The van der Waals surface area contributed by atoms with Crippen LogP contribution in [0.15, 0.2) is 71.6 Å². The SMILES string of the molecule is CC(=O)N(c1cccc(C)c1)c1onc(-c2cccc(C)c2)c1-c1ccncn1. The molecule has 0 radical (unpaired) electrons. The van der Waals surface area contributed by atoms with Crippen LogP contribution in [0.3, 0.4) is 0 Å². The number of aromatic nitrogens is 3. The second kappa shape index (κ2) is 7.67. The molecule has 0 unspecified atom stereocenters. The maximum atomic E-state index is 12.6. The normalized spacial score (nSPS) is 10.7. The van der Waals surface area contributed by atoms with Gasteiger partial charge in [0.05, 0.1) is 16.9 Å². The standard InChI is InChI=1S/C23H20N4O2/c1-15-6-4-8-18(12-15)22-21(20-10-11-24-14-25-20)23(29-26-22)27(17(3)28)19-9-5-7-16(2)13-19/h4-14H,1-3H3. The first-order valence-corrected chi connectivity index (χ1v) is 9.25. The number of anilines is 2. The van der Waals surface area contributed by atoms with Crippen molar-refractivity contribution in [3.63, 3.8) is 0 Å². The van der Waals surface area contributed by atoms with Crippen LogP contribution < -0.4 is 4.90 Å². The quantitative estimate of drug-likeness (QED) is 0.489. The number of hydrogen-bond acceptors (Lipinski definition) is 5. The van der Waals surface area contributed by atoms with Gasteiger partial charge in [0.2, 0.25) is 11.8 Å². The molecule has 0 fully saturated rings. The van der Waals surface area contributed by atoms with Gasteiger partial charge in [-0.2, -0.15) is 0 Å². The highest BCUT2D eigenvalue weighted by Gasteiger charge is 2.28. The lowest BCUT2D eigenvalue weighted by Gasteiger charge is -2.19. The molecular formula is C23H20N4O2. The molecule has 0 aliphatic heterocycles. The second-order valence-electron chi connectivity index (χ2n) is 6.87. The van der Waals surface area contributed by atoms with Crippen molar-refractivity contribution in [3.05, 3.63) is 78.2 Å². The highest BCUT2D eigenvalue weighted by atomic mass is 16.5. The third-order valence-corrected chi connectivity index (χ3v) is 4.58. The Bertz CT molecular complexity index is 1170. The fourth-order valence-corrected chi connectivity index (χ4v) is 3.30. The number of amides is 1. The molecule has 0 aliphatic rings. The zero-order valence-electron chi connectivity index (χ0n) is 16.5. The van der Waals surface area contributed by atoms with Crippen molar-refractivity contribution in [2.24, 2.45) is 0 Å².